The monoisotopic (exact) mass is 198 g/mol. The maximum absolute atomic E-state index is 10.6. The molecule has 0 fully saturated rings. The van der Waals surface area contributed by atoms with E-state index >= 15 is 0 Å². The summed E-state index contributed by atoms with van der Waals surface area (Å²) in [6.07, 6.45) is 8.43. The standard InChI is InChI=1S/C12H10N2O/c15-9-12-6-11(7-14-8-12)5-10-1-3-13-4-2-10/h1-4,6-9H,5H2. The Bertz CT molecular complexity index is 454. The van der Waals surface area contributed by atoms with Crippen LogP contribution in [0.4, 0.5) is 0 Å². The molecule has 2 aromatic rings. The van der Waals surface area contributed by atoms with Crippen LogP contribution in [0.2, 0.25) is 0 Å². The molecule has 0 unspecified atom stereocenters. The van der Waals surface area contributed by atoms with Gasteiger partial charge in [-0.05, 0) is 35.7 Å². The molecule has 3 heteroatoms. The first-order chi connectivity index (χ1) is 7.38. The lowest BCUT2D eigenvalue weighted by Crippen LogP contribution is -1.91. The van der Waals surface area contributed by atoms with Crippen molar-refractivity contribution in [1.82, 2.24) is 9.97 Å². The second-order valence-electron chi connectivity index (χ2n) is 3.28. The van der Waals surface area contributed by atoms with Crippen LogP contribution in [0.15, 0.2) is 43.0 Å². The minimum atomic E-state index is 0.613. The van der Waals surface area contributed by atoms with E-state index in [1.54, 1.807) is 24.8 Å². The van der Waals surface area contributed by atoms with Crippen molar-refractivity contribution in [3.63, 3.8) is 0 Å². The van der Waals surface area contributed by atoms with Gasteiger partial charge < -0.3 is 0 Å². The molecule has 2 heterocycles. The Morgan fingerprint density at radius 1 is 1.07 bits per heavy atom. The Morgan fingerprint density at radius 2 is 1.87 bits per heavy atom. The SMILES string of the molecule is O=Cc1cncc(Cc2ccncc2)c1. The molecule has 0 saturated carbocycles. The maximum atomic E-state index is 10.6. The van der Waals surface area contributed by atoms with Gasteiger partial charge in [0.2, 0.25) is 0 Å². The van der Waals surface area contributed by atoms with Gasteiger partial charge in [-0.3, -0.25) is 14.8 Å². The molecule has 74 valence electrons. The van der Waals surface area contributed by atoms with Crippen LogP contribution < -0.4 is 0 Å². The molecule has 2 rings (SSSR count). The Kier molecular flexibility index (Phi) is 2.83. The van der Waals surface area contributed by atoms with Crippen LogP contribution in [0, 0.1) is 0 Å². The average Bonchev–Trinajstić information content (AvgIpc) is 2.31. The van der Waals surface area contributed by atoms with Crippen LogP contribution >= 0.6 is 0 Å². The number of hydrogen-bond donors (Lipinski definition) is 0. The zero-order valence-electron chi connectivity index (χ0n) is 8.13. The van der Waals surface area contributed by atoms with Crippen LogP contribution in [0.25, 0.3) is 0 Å². The predicted octanol–water partition coefficient (Wildman–Crippen LogP) is 1.88. The Balaban J connectivity index is 2.21. The van der Waals surface area contributed by atoms with Crippen molar-refractivity contribution in [2.45, 2.75) is 6.42 Å². The summed E-state index contributed by atoms with van der Waals surface area (Å²) >= 11 is 0. The molecule has 0 saturated heterocycles. The van der Waals surface area contributed by atoms with Crippen molar-refractivity contribution in [3.8, 4) is 0 Å². The smallest absolute Gasteiger partial charge is 0.151 e. The van der Waals surface area contributed by atoms with Gasteiger partial charge in [-0.15, -0.1) is 0 Å². The number of carbonyl (C=O) groups is 1. The van der Waals surface area contributed by atoms with Gasteiger partial charge in [-0.25, -0.2) is 0 Å². The highest BCUT2D eigenvalue weighted by atomic mass is 16.1. The van der Waals surface area contributed by atoms with E-state index < -0.39 is 0 Å². The molecule has 0 amide bonds. The zero-order chi connectivity index (χ0) is 10.5. The third-order valence-corrected chi connectivity index (χ3v) is 2.11. The predicted molar refractivity (Wildman–Crippen MR) is 56.7 cm³/mol. The molecule has 0 aliphatic heterocycles. The van der Waals surface area contributed by atoms with Gasteiger partial charge in [-0.2, -0.15) is 0 Å². The molecule has 0 aliphatic rings. The van der Waals surface area contributed by atoms with Crippen molar-refractivity contribution >= 4 is 6.29 Å². The number of hydrogen-bond acceptors (Lipinski definition) is 3. The molecule has 0 bridgehead atoms. The highest BCUT2D eigenvalue weighted by molar-refractivity contribution is 5.74. The largest absolute Gasteiger partial charge is 0.298 e. The lowest BCUT2D eigenvalue weighted by molar-refractivity contribution is 0.112. The molecule has 0 radical (unpaired) electrons. The summed E-state index contributed by atoms with van der Waals surface area (Å²) in [5.41, 5.74) is 2.81. The number of pyridine rings is 2. The fourth-order valence-corrected chi connectivity index (χ4v) is 1.41. The number of aromatic nitrogens is 2. The zero-order valence-corrected chi connectivity index (χ0v) is 8.13. The van der Waals surface area contributed by atoms with Crippen LogP contribution in [-0.4, -0.2) is 16.3 Å². The lowest BCUT2D eigenvalue weighted by Gasteiger charge is -2.01. The first-order valence-electron chi connectivity index (χ1n) is 4.66. The fraction of sp³-hybridized carbons (Fsp3) is 0.0833. The topological polar surface area (TPSA) is 42.9 Å². The minimum absolute atomic E-state index is 0.613. The normalized spacial score (nSPS) is 9.87. The van der Waals surface area contributed by atoms with Crippen LogP contribution in [-0.2, 0) is 6.42 Å². The van der Waals surface area contributed by atoms with Gasteiger partial charge in [-0.1, -0.05) is 0 Å². The Hall–Kier alpha value is -2.03. The van der Waals surface area contributed by atoms with Crippen molar-refractivity contribution in [1.29, 1.82) is 0 Å². The molecule has 0 aliphatic carbocycles. The number of aldehydes is 1. The van der Waals surface area contributed by atoms with Gasteiger partial charge in [0.05, 0.1) is 0 Å². The fourth-order valence-electron chi connectivity index (χ4n) is 1.41. The Morgan fingerprint density at radius 3 is 2.60 bits per heavy atom. The van der Waals surface area contributed by atoms with Gasteiger partial charge >= 0.3 is 0 Å². The third kappa shape index (κ3) is 2.47. The average molecular weight is 198 g/mol. The van der Waals surface area contributed by atoms with Crippen molar-refractivity contribution in [2.75, 3.05) is 0 Å². The summed E-state index contributed by atoms with van der Waals surface area (Å²) in [5, 5.41) is 0. The summed E-state index contributed by atoms with van der Waals surface area (Å²) < 4.78 is 0. The van der Waals surface area contributed by atoms with E-state index in [0.717, 1.165) is 23.8 Å². The van der Waals surface area contributed by atoms with Gasteiger partial charge in [0, 0.05) is 30.4 Å². The second kappa shape index (κ2) is 4.46. The summed E-state index contributed by atoms with van der Waals surface area (Å²) in [6.45, 7) is 0. The van der Waals surface area contributed by atoms with Crippen molar-refractivity contribution < 1.29 is 4.79 Å². The van der Waals surface area contributed by atoms with E-state index in [0.29, 0.717) is 5.56 Å². The lowest BCUT2D eigenvalue weighted by atomic mass is 10.1. The third-order valence-electron chi connectivity index (χ3n) is 2.11. The minimum Gasteiger partial charge on any atom is -0.298 e. The number of carbonyl (C=O) groups excluding carboxylic acids is 1. The summed E-state index contributed by atoms with van der Waals surface area (Å²) in [7, 11) is 0. The molecule has 3 nitrogen and oxygen atoms in total. The number of nitrogens with zero attached hydrogens (tertiary/aromatic N) is 2. The first-order valence-corrected chi connectivity index (χ1v) is 4.66. The van der Waals surface area contributed by atoms with Gasteiger partial charge in [0.15, 0.2) is 6.29 Å². The van der Waals surface area contributed by atoms with E-state index in [1.165, 1.54) is 0 Å². The molecule has 0 N–H and O–H groups in total. The maximum Gasteiger partial charge on any atom is 0.151 e. The van der Waals surface area contributed by atoms with E-state index in [1.807, 2.05) is 18.2 Å². The van der Waals surface area contributed by atoms with Gasteiger partial charge in [0.25, 0.3) is 0 Å². The van der Waals surface area contributed by atoms with E-state index in [2.05, 4.69) is 9.97 Å². The van der Waals surface area contributed by atoms with Crippen LogP contribution in [0.3, 0.4) is 0 Å². The van der Waals surface area contributed by atoms with Crippen LogP contribution in [0.1, 0.15) is 21.5 Å². The molecule has 0 spiro atoms. The first kappa shape index (κ1) is 9.52. The molecular weight excluding hydrogens is 188 g/mol. The van der Waals surface area contributed by atoms with E-state index in [9.17, 15) is 4.79 Å². The number of rotatable bonds is 3. The summed E-state index contributed by atoms with van der Waals surface area (Å²) in [4.78, 5) is 18.5. The van der Waals surface area contributed by atoms with Crippen LogP contribution in [0.5, 0.6) is 0 Å². The molecule has 2 aromatic heterocycles. The van der Waals surface area contributed by atoms with E-state index in [-0.39, 0.29) is 0 Å². The highest BCUT2D eigenvalue weighted by Crippen LogP contribution is 2.08. The quantitative estimate of drug-likeness (QED) is 0.707. The van der Waals surface area contributed by atoms with Gasteiger partial charge in [0.1, 0.15) is 0 Å². The van der Waals surface area contributed by atoms with Crippen molar-refractivity contribution in [3.05, 3.63) is 59.7 Å². The van der Waals surface area contributed by atoms with E-state index in [4.69, 9.17) is 0 Å². The molecule has 0 atom stereocenters. The highest BCUT2D eigenvalue weighted by Gasteiger charge is 1.97. The molecular formula is C12H10N2O. The summed E-state index contributed by atoms with van der Waals surface area (Å²) in [5.74, 6) is 0. The Labute approximate surface area is 87.8 Å². The van der Waals surface area contributed by atoms with Crippen molar-refractivity contribution in [2.24, 2.45) is 0 Å². The molecule has 15 heavy (non-hydrogen) atoms. The summed E-state index contributed by atoms with van der Waals surface area (Å²) in [6, 6.07) is 5.75. The molecule has 0 aromatic carbocycles. The second-order valence-corrected chi connectivity index (χ2v) is 3.28.